The Bertz CT molecular complexity index is 745. The summed E-state index contributed by atoms with van der Waals surface area (Å²) >= 11 is 0. The number of methoxy groups -OCH3 is 1. The molecule has 1 aromatic carbocycles. The van der Waals surface area contributed by atoms with Gasteiger partial charge in [-0.3, -0.25) is 4.99 Å². The highest BCUT2D eigenvalue weighted by molar-refractivity contribution is 5.79. The molecule has 0 saturated carbocycles. The van der Waals surface area contributed by atoms with Crippen molar-refractivity contribution < 1.29 is 14.0 Å². The van der Waals surface area contributed by atoms with Crippen molar-refractivity contribution in [2.24, 2.45) is 4.99 Å². The van der Waals surface area contributed by atoms with Gasteiger partial charge in [0, 0.05) is 25.9 Å². The van der Waals surface area contributed by atoms with Crippen molar-refractivity contribution in [3.8, 4) is 11.5 Å². The van der Waals surface area contributed by atoms with Gasteiger partial charge in [0.1, 0.15) is 6.10 Å². The van der Waals surface area contributed by atoms with Crippen LogP contribution in [0.2, 0.25) is 0 Å². The van der Waals surface area contributed by atoms with Gasteiger partial charge < -0.3 is 24.6 Å². The van der Waals surface area contributed by atoms with E-state index in [0.717, 1.165) is 42.7 Å². The van der Waals surface area contributed by atoms with Gasteiger partial charge >= 0.3 is 0 Å². The van der Waals surface area contributed by atoms with Crippen LogP contribution >= 0.6 is 0 Å². The van der Waals surface area contributed by atoms with Crippen LogP contribution in [0.3, 0.4) is 0 Å². The van der Waals surface area contributed by atoms with Crippen molar-refractivity contribution in [2.75, 3.05) is 27.2 Å². The second-order valence-electron chi connectivity index (χ2n) is 6.76. The topological polar surface area (TPSA) is 93.8 Å². The fourth-order valence-electron chi connectivity index (χ4n) is 2.49. The van der Waals surface area contributed by atoms with Crippen LogP contribution in [-0.2, 0) is 6.42 Å². The summed E-state index contributed by atoms with van der Waals surface area (Å²) in [5, 5.41) is 10.5. The Labute approximate surface area is 166 Å². The molecule has 0 aliphatic heterocycles. The second-order valence-corrected chi connectivity index (χ2v) is 6.76. The maximum absolute atomic E-state index is 5.94. The normalized spacial score (nSPS) is 12.7. The summed E-state index contributed by atoms with van der Waals surface area (Å²) in [6.07, 6.45) is 1.55. The van der Waals surface area contributed by atoms with Crippen molar-refractivity contribution >= 4 is 5.96 Å². The lowest BCUT2D eigenvalue weighted by molar-refractivity contribution is 0.213. The molecule has 1 heterocycles. The second kappa shape index (κ2) is 11.2. The van der Waals surface area contributed by atoms with E-state index in [1.54, 1.807) is 14.2 Å². The molecule has 1 unspecified atom stereocenters. The molecular formula is C20H31N5O3. The lowest BCUT2D eigenvalue weighted by atomic mass is 10.2. The molecule has 0 aliphatic carbocycles. The minimum Gasteiger partial charge on any atom is -0.493 e. The molecule has 0 aliphatic rings. The smallest absolute Gasteiger partial charge is 0.226 e. The maximum Gasteiger partial charge on any atom is 0.226 e. The summed E-state index contributed by atoms with van der Waals surface area (Å²) < 4.78 is 16.5. The van der Waals surface area contributed by atoms with Crippen molar-refractivity contribution in [1.82, 2.24) is 20.8 Å². The minimum absolute atomic E-state index is 0.0531. The average molecular weight is 390 g/mol. The van der Waals surface area contributed by atoms with Gasteiger partial charge in [0.05, 0.1) is 13.7 Å². The predicted molar refractivity (Wildman–Crippen MR) is 109 cm³/mol. The van der Waals surface area contributed by atoms with Crippen molar-refractivity contribution in [3.63, 3.8) is 0 Å². The van der Waals surface area contributed by atoms with Crippen LogP contribution in [0.4, 0.5) is 0 Å². The summed E-state index contributed by atoms with van der Waals surface area (Å²) in [5.74, 6) is 3.88. The van der Waals surface area contributed by atoms with Gasteiger partial charge in [-0.1, -0.05) is 31.1 Å². The molecule has 0 amide bonds. The average Bonchev–Trinajstić information content (AvgIpc) is 3.17. The van der Waals surface area contributed by atoms with Gasteiger partial charge in [-0.05, 0) is 25.5 Å². The van der Waals surface area contributed by atoms with Crippen LogP contribution in [0.1, 0.15) is 44.8 Å². The number of hydrogen-bond donors (Lipinski definition) is 2. The van der Waals surface area contributed by atoms with Crippen LogP contribution in [0.15, 0.2) is 33.8 Å². The van der Waals surface area contributed by atoms with E-state index in [2.05, 4.69) is 25.8 Å². The fourth-order valence-corrected chi connectivity index (χ4v) is 2.49. The molecule has 0 radical (unpaired) electrons. The molecule has 8 heteroatoms. The molecule has 8 nitrogen and oxygen atoms in total. The zero-order valence-corrected chi connectivity index (χ0v) is 17.4. The van der Waals surface area contributed by atoms with E-state index in [-0.39, 0.29) is 12.0 Å². The van der Waals surface area contributed by atoms with E-state index in [9.17, 15) is 0 Å². The Kier molecular flexibility index (Phi) is 8.58. The largest absolute Gasteiger partial charge is 0.493 e. The first kappa shape index (κ1) is 21.5. The van der Waals surface area contributed by atoms with E-state index in [0.29, 0.717) is 12.4 Å². The highest BCUT2D eigenvalue weighted by Crippen LogP contribution is 2.26. The van der Waals surface area contributed by atoms with Crippen LogP contribution < -0.4 is 20.1 Å². The molecule has 2 aromatic rings. The van der Waals surface area contributed by atoms with Crippen LogP contribution in [0.25, 0.3) is 0 Å². The van der Waals surface area contributed by atoms with Gasteiger partial charge in [-0.2, -0.15) is 4.98 Å². The molecule has 28 heavy (non-hydrogen) atoms. The fraction of sp³-hybridized carbons (Fsp3) is 0.550. The quantitative estimate of drug-likeness (QED) is 0.367. The monoisotopic (exact) mass is 389 g/mol. The minimum atomic E-state index is -0.0531. The number of aliphatic imine (C=N–C) groups is 1. The summed E-state index contributed by atoms with van der Waals surface area (Å²) in [7, 11) is 3.38. The SMILES string of the molecule is CN=C(NCCCc1nc(C(C)C)no1)NCC(C)Oc1ccccc1OC. The zero-order chi connectivity index (χ0) is 20.4. The summed E-state index contributed by atoms with van der Waals surface area (Å²) in [5.41, 5.74) is 0. The summed E-state index contributed by atoms with van der Waals surface area (Å²) in [4.78, 5) is 8.62. The third-order valence-corrected chi connectivity index (χ3v) is 4.04. The molecule has 0 fully saturated rings. The van der Waals surface area contributed by atoms with Crippen LogP contribution in [-0.4, -0.2) is 49.5 Å². The maximum atomic E-state index is 5.94. The molecule has 2 N–H and O–H groups in total. The number of ether oxygens (including phenoxy) is 2. The molecule has 0 spiro atoms. The van der Waals surface area contributed by atoms with Gasteiger partial charge in [0.25, 0.3) is 0 Å². The van der Waals surface area contributed by atoms with Crippen molar-refractivity contribution in [1.29, 1.82) is 0 Å². The first-order chi connectivity index (χ1) is 13.5. The predicted octanol–water partition coefficient (Wildman–Crippen LogP) is 2.77. The number of nitrogens with one attached hydrogen (secondary N) is 2. The van der Waals surface area contributed by atoms with Crippen LogP contribution in [0.5, 0.6) is 11.5 Å². The number of aryl methyl sites for hydroxylation is 1. The Morgan fingerprint density at radius 3 is 2.57 bits per heavy atom. The number of rotatable bonds is 10. The van der Waals surface area contributed by atoms with E-state index in [1.165, 1.54) is 0 Å². The number of para-hydroxylation sites is 2. The molecule has 1 aromatic heterocycles. The number of aromatic nitrogens is 2. The number of benzene rings is 1. The first-order valence-electron chi connectivity index (χ1n) is 9.60. The molecule has 154 valence electrons. The zero-order valence-electron chi connectivity index (χ0n) is 17.4. The van der Waals surface area contributed by atoms with Gasteiger partial charge in [0.2, 0.25) is 5.89 Å². The summed E-state index contributed by atoms with van der Waals surface area (Å²) in [6, 6.07) is 7.61. The van der Waals surface area contributed by atoms with E-state index in [1.807, 2.05) is 45.0 Å². The van der Waals surface area contributed by atoms with Gasteiger partial charge in [-0.25, -0.2) is 0 Å². The Morgan fingerprint density at radius 2 is 1.93 bits per heavy atom. The Morgan fingerprint density at radius 1 is 1.18 bits per heavy atom. The highest BCUT2D eigenvalue weighted by atomic mass is 16.5. The molecule has 0 bridgehead atoms. The molecule has 1 atom stereocenters. The van der Waals surface area contributed by atoms with Gasteiger partial charge in [-0.15, -0.1) is 0 Å². The molecular weight excluding hydrogens is 358 g/mol. The standard InChI is InChI=1S/C20H31N5O3/c1-14(2)19-24-18(28-25-19)11-8-12-22-20(21-4)23-13-15(3)27-17-10-7-6-9-16(17)26-5/h6-7,9-10,14-15H,8,11-13H2,1-5H3,(H2,21,22,23). The highest BCUT2D eigenvalue weighted by Gasteiger charge is 2.11. The molecule has 2 rings (SSSR count). The lowest BCUT2D eigenvalue weighted by Crippen LogP contribution is -2.42. The number of guanidine groups is 1. The third kappa shape index (κ3) is 6.75. The number of hydrogen-bond acceptors (Lipinski definition) is 6. The van der Waals surface area contributed by atoms with Crippen molar-refractivity contribution in [2.45, 2.75) is 45.6 Å². The Hall–Kier alpha value is -2.77. The third-order valence-electron chi connectivity index (χ3n) is 4.04. The number of nitrogens with zero attached hydrogens (tertiary/aromatic N) is 3. The first-order valence-corrected chi connectivity index (χ1v) is 9.60. The molecule has 0 saturated heterocycles. The van der Waals surface area contributed by atoms with Crippen molar-refractivity contribution in [3.05, 3.63) is 36.0 Å². The lowest BCUT2D eigenvalue weighted by Gasteiger charge is -2.19. The Balaban J connectivity index is 1.69. The summed E-state index contributed by atoms with van der Waals surface area (Å²) in [6.45, 7) is 7.45. The van der Waals surface area contributed by atoms with Crippen LogP contribution in [0, 0.1) is 0 Å². The van der Waals surface area contributed by atoms with E-state index >= 15 is 0 Å². The van der Waals surface area contributed by atoms with Gasteiger partial charge in [0.15, 0.2) is 23.3 Å². The van der Waals surface area contributed by atoms with E-state index < -0.39 is 0 Å². The van der Waals surface area contributed by atoms with E-state index in [4.69, 9.17) is 14.0 Å².